The van der Waals surface area contributed by atoms with E-state index >= 15 is 0 Å². The third-order valence-electron chi connectivity index (χ3n) is 3.27. The van der Waals surface area contributed by atoms with Crippen LogP contribution >= 0.6 is 0 Å². The van der Waals surface area contributed by atoms with Crippen LogP contribution in [0.25, 0.3) is 0 Å². The molecule has 1 rings (SSSR count). The zero-order valence-corrected chi connectivity index (χ0v) is 8.95. The first kappa shape index (κ1) is 10.6. The predicted molar refractivity (Wildman–Crippen MR) is 55.2 cm³/mol. The van der Waals surface area contributed by atoms with Crippen LogP contribution in [-0.4, -0.2) is 11.4 Å². The van der Waals surface area contributed by atoms with Gasteiger partial charge in [-0.2, -0.15) is 0 Å². The van der Waals surface area contributed by atoms with Crippen LogP contribution in [0.3, 0.4) is 0 Å². The van der Waals surface area contributed by atoms with Crippen molar-refractivity contribution in [2.75, 3.05) is 0 Å². The molecule has 0 aromatic carbocycles. The van der Waals surface area contributed by atoms with E-state index in [1.54, 1.807) is 6.21 Å². The maximum absolute atomic E-state index is 8.41. The Labute approximate surface area is 81.0 Å². The summed E-state index contributed by atoms with van der Waals surface area (Å²) in [5, 5.41) is 11.5. The molecule has 0 unspecified atom stereocenters. The minimum atomic E-state index is 0.446. The number of hydrogen-bond acceptors (Lipinski definition) is 2. The van der Waals surface area contributed by atoms with Crippen LogP contribution in [0.5, 0.6) is 0 Å². The normalized spacial score (nSPS) is 31.0. The summed E-state index contributed by atoms with van der Waals surface area (Å²) in [7, 11) is 0. The first-order chi connectivity index (χ1) is 6.04. The number of nitrogens with zero attached hydrogens (tertiary/aromatic N) is 1. The third-order valence-corrected chi connectivity index (χ3v) is 3.27. The molecular formula is C11H21NO. The molecule has 0 heterocycles. The van der Waals surface area contributed by atoms with Gasteiger partial charge in [0.15, 0.2) is 0 Å². The van der Waals surface area contributed by atoms with Crippen LogP contribution in [0, 0.1) is 17.3 Å². The van der Waals surface area contributed by atoms with Crippen LogP contribution in [0.1, 0.15) is 46.5 Å². The molecule has 0 saturated heterocycles. The van der Waals surface area contributed by atoms with Gasteiger partial charge in [-0.25, -0.2) is 0 Å². The zero-order chi connectivity index (χ0) is 9.90. The Balaban J connectivity index is 2.39. The highest BCUT2D eigenvalue weighted by Crippen LogP contribution is 2.39. The lowest BCUT2D eigenvalue weighted by Crippen LogP contribution is -2.26. The fourth-order valence-electron chi connectivity index (χ4n) is 2.23. The van der Waals surface area contributed by atoms with Gasteiger partial charge in [-0.15, -0.1) is 5.16 Å². The van der Waals surface area contributed by atoms with Crippen LogP contribution in [0.15, 0.2) is 5.16 Å². The number of rotatable bonds is 1. The van der Waals surface area contributed by atoms with Gasteiger partial charge in [0.25, 0.3) is 0 Å². The molecule has 76 valence electrons. The van der Waals surface area contributed by atoms with E-state index in [4.69, 9.17) is 5.21 Å². The molecule has 2 heteroatoms. The summed E-state index contributed by atoms with van der Waals surface area (Å²) in [6, 6.07) is 0. The van der Waals surface area contributed by atoms with Gasteiger partial charge in [0, 0.05) is 6.21 Å². The van der Waals surface area contributed by atoms with Gasteiger partial charge in [0.2, 0.25) is 0 Å². The second kappa shape index (κ2) is 4.12. The average Bonchev–Trinajstić information content (AvgIpc) is 2.04. The van der Waals surface area contributed by atoms with E-state index in [0.717, 1.165) is 5.92 Å². The summed E-state index contributed by atoms with van der Waals surface area (Å²) in [6.07, 6.45) is 6.62. The van der Waals surface area contributed by atoms with Gasteiger partial charge in [-0.05, 0) is 42.9 Å². The first-order valence-electron chi connectivity index (χ1n) is 5.21. The Kier molecular flexibility index (Phi) is 3.34. The molecule has 13 heavy (non-hydrogen) atoms. The van der Waals surface area contributed by atoms with E-state index in [2.05, 4.69) is 25.9 Å². The molecule has 2 nitrogen and oxygen atoms in total. The fraction of sp³-hybridized carbons (Fsp3) is 0.909. The molecule has 1 N–H and O–H groups in total. The van der Waals surface area contributed by atoms with E-state index in [-0.39, 0.29) is 0 Å². The second-order valence-corrected chi connectivity index (χ2v) is 5.24. The number of oxime groups is 1. The molecule has 0 amide bonds. The standard InChI is InChI=1S/C11H21NO/c1-11(2,3)10-6-4-9(5-7-10)8-12-13/h8-10,13H,4-7H2,1-3H3. The molecule has 0 aliphatic heterocycles. The smallest absolute Gasteiger partial charge is 0.0466 e. The lowest BCUT2D eigenvalue weighted by molar-refractivity contribution is 0.167. The van der Waals surface area contributed by atoms with Gasteiger partial charge in [-0.3, -0.25) is 0 Å². The highest BCUT2D eigenvalue weighted by atomic mass is 16.4. The van der Waals surface area contributed by atoms with Crippen molar-refractivity contribution in [1.82, 2.24) is 0 Å². The quantitative estimate of drug-likeness (QED) is 0.377. The van der Waals surface area contributed by atoms with Crippen LogP contribution < -0.4 is 0 Å². The molecule has 0 spiro atoms. The monoisotopic (exact) mass is 183 g/mol. The van der Waals surface area contributed by atoms with Gasteiger partial charge in [-0.1, -0.05) is 20.8 Å². The van der Waals surface area contributed by atoms with Gasteiger partial charge in [0.05, 0.1) is 0 Å². The van der Waals surface area contributed by atoms with E-state index in [1.165, 1.54) is 25.7 Å². The summed E-state index contributed by atoms with van der Waals surface area (Å²) in [6.45, 7) is 6.95. The van der Waals surface area contributed by atoms with Gasteiger partial charge >= 0.3 is 0 Å². The summed E-state index contributed by atoms with van der Waals surface area (Å²) in [5.74, 6) is 1.36. The zero-order valence-electron chi connectivity index (χ0n) is 8.95. The van der Waals surface area contributed by atoms with Crippen molar-refractivity contribution in [1.29, 1.82) is 0 Å². The highest BCUT2D eigenvalue weighted by Gasteiger charge is 2.28. The van der Waals surface area contributed by atoms with Gasteiger partial charge in [0.1, 0.15) is 0 Å². The van der Waals surface area contributed by atoms with E-state index < -0.39 is 0 Å². The Hall–Kier alpha value is -0.530. The van der Waals surface area contributed by atoms with Gasteiger partial charge < -0.3 is 5.21 Å². The molecule has 0 atom stereocenters. The number of hydrogen-bond donors (Lipinski definition) is 1. The Morgan fingerprint density at radius 1 is 1.15 bits per heavy atom. The molecule has 1 fully saturated rings. The van der Waals surface area contributed by atoms with Crippen LogP contribution in [0.2, 0.25) is 0 Å². The molecule has 0 radical (unpaired) electrons. The predicted octanol–water partition coefficient (Wildman–Crippen LogP) is 3.30. The topological polar surface area (TPSA) is 32.6 Å². The maximum Gasteiger partial charge on any atom is 0.0466 e. The summed E-state index contributed by atoms with van der Waals surface area (Å²) in [5.41, 5.74) is 0.446. The molecule has 0 bridgehead atoms. The van der Waals surface area contributed by atoms with Crippen molar-refractivity contribution in [3.63, 3.8) is 0 Å². The molecule has 1 aliphatic rings. The van der Waals surface area contributed by atoms with Crippen LogP contribution in [-0.2, 0) is 0 Å². The first-order valence-corrected chi connectivity index (χ1v) is 5.21. The van der Waals surface area contributed by atoms with Crippen molar-refractivity contribution < 1.29 is 5.21 Å². The van der Waals surface area contributed by atoms with Crippen molar-refractivity contribution >= 4 is 6.21 Å². The Morgan fingerprint density at radius 2 is 1.69 bits per heavy atom. The van der Waals surface area contributed by atoms with Crippen LogP contribution in [0.4, 0.5) is 0 Å². The third kappa shape index (κ3) is 3.02. The molecule has 0 aromatic rings. The highest BCUT2D eigenvalue weighted by molar-refractivity contribution is 5.59. The van der Waals surface area contributed by atoms with Crippen molar-refractivity contribution in [2.45, 2.75) is 46.5 Å². The minimum absolute atomic E-state index is 0.446. The van der Waals surface area contributed by atoms with E-state index in [9.17, 15) is 0 Å². The molecular weight excluding hydrogens is 162 g/mol. The van der Waals surface area contributed by atoms with Crippen molar-refractivity contribution in [2.24, 2.45) is 22.4 Å². The summed E-state index contributed by atoms with van der Waals surface area (Å²) >= 11 is 0. The molecule has 1 aliphatic carbocycles. The van der Waals surface area contributed by atoms with E-state index in [0.29, 0.717) is 11.3 Å². The van der Waals surface area contributed by atoms with Crippen molar-refractivity contribution in [3.05, 3.63) is 0 Å². The lowest BCUT2D eigenvalue weighted by Gasteiger charge is -2.35. The largest absolute Gasteiger partial charge is 0.411 e. The average molecular weight is 183 g/mol. The van der Waals surface area contributed by atoms with Crippen molar-refractivity contribution in [3.8, 4) is 0 Å². The molecule has 1 saturated carbocycles. The minimum Gasteiger partial charge on any atom is -0.411 e. The SMILES string of the molecule is CC(C)(C)C1CCC(C=NO)CC1. The second-order valence-electron chi connectivity index (χ2n) is 5.24. The lowest BCUT2D eigenvalue weighted by atomic mass is 9.70. The summed E-state index contributed by atoms with van der Waals surface area (Å²) < 4.78 is 0. The van der Waals surface area contributed by atoms with E-state index in [1.807, 2.05) is 0 Å². The molecule has 0 aromatic heterocycles. The maximum atomic E-state index is 8.41. The summed E-state index contributed by atoms with van der Waals surface area (Å²) in [4.78, 5) is 0. The Bertz CT molecular complexity index is 173. The fourth-order valence-corrected chi connectivity index (χ4v) is 2.23. The Morgan fingerprint density at radius 3 is 2.08 bits per heavy atom.